The summed E-state index contributed by atoms with van der Waals surface area (Å²) in [6, 6.07) is 6.72. The molecule has 0 spiro atoms. The standard InChI is InChI=1S/C15H18F3NO2/c16-15(17,18)12-5-3-11(4-6-12)14(21)19-13-7-1-10(9-20)2-8-13/h1-2,7-8,11-12,20H,3-6,9H2,(H,19,21). The fraction of sp³-hybridized carbons (Fsp3) is 0.533. The Balaban J connectivity index is 1.87. The second-order valence-corrected chi connectivity index (χ2v) is 5.43. The largest absolute Gasteiger partial charge is 0.392 e. The van der Waals surface area contributed by atoms with Crippen molar-refractivity contribution in [3.05, 3.63) is 29.8 Å². The molecule has 0 aromatic heterocycles. The van der Waals surface area contributed by atoms with Crippen LogP contribution in [0.3, 0.4) is 0 Å². The van der Waals surface area contributed by atoms with Crippen LogP contribution in [0.2, 0.25) is 0 Å². The predicted octanol–water partition coefficient (Wildman–Crippen LogP) is 3.49. The molecule has 6 heteroatoms. The maximum absolute atomic E-state index is 12.6. The van der Waals surface area contributed by atoms with Crippen molar-refractivity contribution in [1.82, 2.24) is 0 Å². The average Bonchev–Trinajstić information content (AvgIpc) is 2.47. The summed E-state index contributed by atoms with van der Waals surface area (Å²) in [5.41, 5.74) is 1.33. The smallest absolute Gasteiger partial charge is 0.391 e. The Labute approximate surface area is 121 Å². The Morgan fingerprint density at radius 3 is 2.19 bits per heavy atom. The zero-order chi connectivity index (χ0) is 15.5. The highest BCUT2D eigenvalue weighted by Gasteiger charge is 2.42. The molecule has 0 atom stereocenters. The number of hydrogen-bond donors (Lipinski definition) is 2. The number of aliphatic hydroxyl groups excluding tert-OH is 1. The van der Waals surface area contributed by atoms with E-state index in [4.69, 9.17) is 5.11 Å². The molecule has 2 rings (SSSR count). The molecule has 0 radical (unpaired) electrons. The van der Waals surface area contributed by atoms with Gasteiger partial charge in [0.1, 0.15) is 0 Å². The lowest BCUT2D eigenvalue weighted by molar-refractivity contribution is -0.184. The van der Waals surface area contributed by atoms with Crippen molar-refractivity contribution in [1.29, 1.82) is 0 Å². The highest BCUT2D eigenvalue weighted by molar-refractivity contribution is 5.92. The van der Waals surface area contributed by atoms with E-state index in [2.05, 4.69) is 5.32 Å². The molecule has 1 aromatic carbocycles. The van der Waals surface area contributed by atoms with Crippen molar-refractivity contribution in [2.45, 2.75) is 38.5 Å². The fourth-order valence-corrected chi connectivity index (χ4v) is 2.62. The molecule has 2 N–H and O–H groups in total. The number of benzene rings is 1. The lowest BCUT2D eigenvalue weighted by Crippen LogP contribution is -2.32. The van der Waals surface area contributed by atoms with Gasteiger partial charge in [0.05, 0.1) is 12.5 Å². The van der Waals surface area contributed by atoms with Crippen molar-refractivity contribution >= 4 is 11.6 Å². The lowest BCUT2D eigenvalue weighted by atomic mass is 9.81. The van der Waals surface area contributed by atoms with Gasteiger partial charge in [-0.3, -0.25) is 4.79 Å². The van der Waals surface area contributed by atoms with Gasteiger partial charge in [0.15, 0.2) is 0 Å². The minimum atomic E-state index is -4.15. The molecule has 21 heavy (non-hydrogen) atoms. The van der Waals surface area contributed by atoms with Gasteiger partial charge < -0.3 is 10.4 Å². The number of hydrogen-bond acceptors (Lipinski definition) is 2. The van der Waals surface area contributed by atoms with Gasteiger partial charge >= 0.3 is 6.18 Å². The predicted molar refractivity (Wildman–Crippen MR) is 72.5 cm³/mol. The molecule has 0 saturated heterocycles. The van der Waals surface area contributed by atoms with E-state index in [0.717, 1.165) is 5.56 Å². The molecule has 0 unspecified atom stereocenters. The molecule has 1 aliphatic carbocycles. The van der Waals surface area contributed by atoms with Crippen molar-refractivity contribution < 1.29 is 23.1 Å². The molecule has 0 heterocycles. The number of aliphatic hydroxyl groups is 1. The SMILES string of the molecule is O=C(Nc1ccc(CO)cc1)C1CCC(C(F)(F)F)CC1. The zero-order valence-electron chi connectivity index (χ0n) is 11.5. The van der Waals surface area contributed by atoms with Gasteiger partial charge in [0, 0.05) is 11.6 Å². The van der Waals surface area contributed by atoms with Gasteiger partial charge in [-0.25, -0.2) is 0 Å². The van der Waals surface area contributed by atoms with Gasteiger partial charge in [0.2, 0.25) is 5.91 Å². The Bertz CT molecular complexity index is 477. The highest BCUT2D eigenvalue weighted by Crippen LogP contribution is 2.39. The summed E-state index contributed by atoms with van der Waals surface area (Å²) in [6.45, 7) is -0.0737. The van der Waals surface area contributed by atoms with Crippen LogP contribution < -0.4 is 5.32 Å². The Morgan fingerprint density at radius 2 is 1.71 bits per heavy atom. The van der Waals surface area contributed by atoms with E-state index in [0.29, 0.717) is 5.69 Å². The van der Waals surface area contributed by atoms with E-state index in [-0.39, 0.29) is 44.1 Å². The van der Waals surface area contributed by atoms with E-state index < -0.39 is 12.1 Å². The van der Waals surface area contributed by atoms with Crippen LogP contribution in [0.4, 0.5) is 18.9 Å². The summed E-state index contributed by atoms with van der Waals surface area (Å²) in [7, 11) is 0. The Morgan fingerprint density at radius 1 is 1.14 bits per heavy atom. The number of halogens is 3. The van der Waals surface area contributed by atoms with Crippen LogP contribution in [0.1, 0.15) is 31.2 Å². The first-order chi connectivity index (χ1) is 9.90. The molecule has 1 aromatic rings. The second kappa shape index (κ2) is 6.47. The van der Waals surface area contributed by atoms with E-state index in [1.807, 2.05) is 0 Å². The van der Waals surface area contributed by atoms with Crippen LogP contribution >= 0.6 is 0 Å². The number of nitrogens with one attached hydrogen (secondary N) is 1. The summed E-state index contributed by atoms with van der Waals surface area (Å²) in [5.74, 6) is -1.86. The van der Waals surface area contributed by atoms with Crippen molar-refractivity contribution in [2.75, 3.05) is 5.32 Å². The van der Waals surface area contributed by atoms with Crippen LogP contribution in [0.15, 0.2) is 24.3 Å². The number of alkyl halides is 3. The fourth-order valence-electron chi connectivity index (χ4n) is 2.62. The number of carbonyl (C=O) groups excluding carboxylic acids is 1. The zero-order valence-corrected chi connectivity index (χ0v) is 11.5. The maximum atomic E-state index is 12.6. The molecule has 1 fully saturated rings. The molecule has 1 aliphatic rings. The molecule has 116 valence electrons. The van der Waals surface area contributed by atoms with Crippen LogP contribution in [0.5, 0.6) is 0 Å². The third-order valence-electron chi connectivity index (χ3n) is 3.96. The highest BCUT2D eigenvalue weighted by atomic mass is 19.4. The normalized spacial score (nSPS) is 22.9. The first-order valence-corrected chi connectivity index (χ1v) is 6.97. The van der Waals surface area contributed by atoms with Crippen LogP contribution in [0, 0.1) is 11.8 Å². The molecule has 0 aliphatic heterocycles. The summed E-state index contributed by atoms with van der Waals surface area (Å²) < 4.78 is 37.7. The second-order valence-electron chi connectivity index (χ2n) is 5.43. The molecular formula is C15H18F3NO2. The van der Waals surface area contributed by atoms with E-state index in [9.17, 15) is 18.0 Å². The molecule has 3 nitrogen and oxygen atoms in total. The Kier molecular flexibility index (Phi) is 4.88. The monoisotopic (exact) mass is 301 g/mol. The summed E-state index contributed by atoms with van der Waals surface area (Å²) in [5, 5.41) is 11.6. The molecule has 1 amide bonds. The molecule has 1 saturated carbocycles. The van der Waals surface area contributed by atoms with Gasteiger partial charge in [0.25, 0.3) is 0 Å². The van der Waals surface area contributed by atoms with Gasteiger partial charge in [-0.15, -0.1) is 0 Å². The van der Waals surface area contributed by atoms with Crippen molar-refractivity contribution in [3.63, 3.8) is 0 Å². The van der Waals surface area contributed by atoms with Crippen molar-refractivity contribution in [3.8, 4) is 0 Å². The summed E-state index contributed by atoms with van der Waals surface area (Å²) in [4.78, 5) is 12.0. The Hall–Kier alpha value is -1.56. The molecule has 0 bridgehead atoms. The lowest BCUT2D eigenvalue weighted by Gasteiger charge is -2.29. The van der Waals surface area contributed by atoms with Gasteiger partial charge in [-0.2, -0.15) is 13.2 Å². The summed E-state index contributed by atoms with van der Waals surface area (Å²) in [6.07, 6.45) is -3.58. The van der Waals surface area contributed by atoms with Crippen LogP contribution in [-0.4, -0.2) is 17.2 Å². The number of rotatable bonds is 3. The van der Waals surface area contributed by atoms with Gasteiger partial charge in [-0.05, 0) is 43.4 Å². The van der Waals surface area contributed by atoms with Crippen LogP contribution in [0.25, 0.3) is 0 Å². The maximum Gasteiger partial charge on any atom is 0.391 e. The average molecular weight is 301 g/mol. The van der Waals surface area contributed by atoms with E-state index in [1.165, 1.54) is 0 Å². The van der Waals surface area contributed by atoms with Crippen molar-refractivity contribution in [2.24, 2.45) is 11.8 Å². The molecular weight excluding hydrogens is 283 g/mol. The van der Waals surface area contributed by atoms with E-state index in [1.54, 1.807) is 24.3 Å². The minimum Gasteiger partial charge on any atom is -0.392 e. The first kappa shape index (κ1) is 15.8. The summed E-state index contributed by atoms with van der Waals surface area (Å²) >= 11 is 0. The third-order valence-corrected chi connectivity index (χ3v) is 3.96. The number of anilines is 1. The third kappa shape index (κ3) is 4.20. The quantitative estimate of drug-likeness (QED) is 0.898. The topological polar surface area (TPSA) is 49.3 Å². The van der Waals surface area contributed by atoms with Gasteiger partial charge in [-0.1, -0.05) is 12.1 Å². The van der Waals surface area contributed by atoms with E-state index >= 15 is 0 Å². The minimum absolute atomic E-state index is 0.0189. The number of amides is 1. The van der Waals surface area contributed by atoms with Crippen LogP contribution in [-0.2, 0) is 11.4 Å². The first-order valence-electron chi connectivity index (χ1n) is 6.97. The number of carbonyl (C=O) groups is 1.